The summed E-state index contributed by atoms with van der Waals surface area (Å²) in [6.45, 7) is 7.86. The summed E-state index contributed by atoms with van der Waals surface area (Å²) < 4.78 is 32.2. The van der Waals surface area contributed by atoms with Crippen molar-refractivity contribution in [3.05, 3.63) is 0 Å². The molecule has 2 saturated heterocycles. The molecule has 2 saturated carbocycles. The number of carbonyl (C=O) groups excluding carboxylic acids is 1. The van der Waals surface area contributed by atoms with E-state index in [2.05, 4.69) is 4.72 Å². The second-order valence-corrected chi connectivity index (χ2v) is 10.0. The summed E-state index contributed by atoms with van der Waals surface area (Å²) >= 11 is 0. The lowest BCUT2D eigenvalue weighted by atomic mass is 9.81. The van der Waals surface area contributed by atoms with Crippen LogP contribution in [-0.2, 0) is 14.8 Å². The highest BCUT2D eigenvalue weighted by molar-refractivity contribution is 7.91. The van der Waals surface area contributed by atoms with Crippen molar-refractivity contribution in [3.8, 4) is 0 Å². The van der Waals surface area contributed by atoms with E-state index in [-0.39, 0.29) is 24.1 Å². The molecule has 1 N–H and O–H groups in total. The lowest BCUT2D eigenvalue weighted by molar-refractivity contribution is 0.0230. The first kappa shape index (κ1) is 15.1. The van der Waals surface area contributed by atoms with Gasteiger partial charge in [0.1, 0.15) is 5.60 Å². The zero-order valence-electron chi connectivity index (χ0n) is 13.0. The molecule has 0 aromatic heterocycles. The molecule has 2 aliphatic carbocycles. The number of ether oxygens (including phenoxy) is 1. The number of rotatable bonds is 3. The van der Waals surface area contributed by atoms with Gasteiger partial charge in [-0.05, 0) is 52.9 Å². The number of fused-ring (bicyclic) bond motifs is 1. The minimum atomic E-state index is -3.29. The lowest BCUT2D eigenvalue weighted by Gasteiger charge is -2.37. The summed E-state index contributed by atoms with van der Waals surface area (Å²) in [5.74, 6) is 0.222. The van der Waals surface area contributed by atoms with Crippen LogP contribution in [0.2, 0.25) is 0 Å². The summed E-state index contributed by atoms with van der Waals surface area (Å²) in [5.41, 5.74) is -0.527. The molecule has 2 aliphatic heterocycles. The molecule has 4 aliphatic rings. The Bertz CT molecular complexity index is 562. The SMILES string of the molecule is CC(C)(C)OC(=O)N1C[C@H]2C[C@H]1[C@@H]2NS(=O)(=O)C1(C)CC1. The van der Waals surface area contributed by atoms with Crippen molar-refractivity contribution in [2.24, 2.45) is 5.92 Å². The van der Waals surface area contributed by atoms with Gasteiger partial charge < -0.3 is 9.64 Å². The lowest BCUT2D eigenvalue weighted by Crippen LogP contribution is -2.57. The molecule has 6 nitrogen and oxygen atoms in total. The fourth-order valence-corrected chi connectivity index (χ4v) is 4.72. The summed E-state index contributed by atoms with van der Waals surface area (Å²) in [7, 11) is -3.29. The molecular weight excluding hydrogens is 292 g/mol. The Balaban J connectivity index is 1.64. The van der Waals surface area contributed by atoms with Crippen LogP contribution in [-0.4, -0.2) is 48.4 Å². The first-order chi connectivity index (χ1) is 9.52. The van der Waals surface area contributed by atoms with Gasteiger partial charge in [-0.3, -0.25) is 0 Å². The van der Waals surface area contributed by atoms with Crippen LogP contribution < -0.4 is 4.72 Å². The van der Waals surface area contributed by atoms with Gasteiger partial charge in [-0.2, -0.15) is 0 Å². The van der Waals surface area contributed by atoms with Gasteiger partial charge in [0.2, 0.25) is 10.0 Å². The van der Waals surface area contributed by atoms with E-state index in [0.29, 0.717) is 6.54 Å². The third-order valence-electron chi connectivity index (χ3n) is 4.82. The molecule has 1 amide bonds. The van der Waals surface area contributed by atoms with Crippen LogP contribution in [0.1, 0.15) is 47.0 Å². The van der Waals surface area contributed by atoms with Gasteiger partial charge in [-0.25, -0.2) is 17.9 Å². The Labute approximate surface area is 126 Å². The third-order valence-corrected chi connectivity index (χ3v) is 7.11. The number of hydrogen-bond acceptors (Lipinski definition) is 4. The molecule has 0 aromatic rings. The largest absolute Gasteiger partial charge is 0.444 e. The second kappa shape index (κ2) is 4.35. The molecule has 0 unspecified atom stereocenters. The fraction of sp³-hybridized carbons (Fsp3) is 0.929. The number of nitrogens with zero attached hydrogens (tertiary/aromatic N) is 1. The Morgan fingerprint density at radius 2 is 1.95 bits per heavy atom. The highest BCUT2D eigenvalue weighted by Gasteiger charge is 2.59. The van der Waals surface area contributed by atoms with E-state index in [1.54, 1.807) is 11.8 Å². The van der Waals surface area contributed by atoms with Crippen LogP contribution in [0.4, 0.5) is 4.79 Å². The van der Waals surface area contributed by atoms with E-state index in [9.17, 15) is 13.2 Å². The van der Waals surface area contributed by atoms with Gasteiger partial charge in [-0.1, -0.05) is 0 Å². The maximum Gasteiger partial charge on any atom is 0.410 e. The Morgan fingerprint density at radius 3 is 2.48 bits per heavy atom. The monoisotopic (exact) mass is 316 g/mol. The number of amides is 1. The third kappa shape index (κ3) is 2.54. The van der Waals surface area contributed by atoms with Gasteiger partial charge in [0.05, 0.1) is 10.8 Å². The molecule has 21 heavy (non-hydrogen) atoms. The molecule has 3 atom stereocenters. The topological polar surface area (TPSA) is 75.7 Å². The van der Waals surface area contributed by atoms with Crippen molar-refractivity contribution in [2.45, 2.75) is 69.4 Å². The summed E-state index contributed by atoms with van der Waals surface area (Å²) in [6, 6.07) is -0.193. The van der Waals surface area contributed by atoms with Crippen molar-refractivity contribution in [2.75, 3.05) is 6.54 Å². The average Bonchev–Trinajstić information content (AvgIpc) is 2.83. The standard InChI is InChI=1S/C14H24N2O4S/c1-13(2,3)20-12(17)16-8-9-7-10(16)11(9)15-21(18,19)14(4)5-6-14/h9-11,15H,5-8H2,1-4H3/t9-,10+,11-/m1/s1. The minimum Gasteiger partial charge on any atom is -0.444 e. The van der Waals surface area contributed by atoms with Crippen LogP contribution in [0.25, 0.3) is 0 Å². The fourth-order valence-electron chi connectivity index (χ4n) is 3.09. The van der Waals surface area contributed by atoms with Gasteiger partial charge >= 0.3 is 6.09 Å². The van der Waals surface area contributed by atoms with Gasteiger partial charge in [0.15, 0.2) is 0 Å². The molecule has 0 radical (unpaired) electrons. The number of sulfonamides is 1. The van der Waals surface area contributed by atoms with Crippen molar-refractivity contribution in [1.29, 1.82) is 0 Å². The Hall–Kier alpha value is -0.820. The molecule has 0 aromatic carbocycles. The zero-order valence-corrected chi connectivity index (χ0v) is 13.9. The predicted molar refractivity (Wildman–Crippen MR) is 78.3 cm³/mol. The van der Waals surface area contributed by atoms with E-state index in [1.165, 1.54) is 0 Å². The maximum atomic E-state index is 12.3. The highest BCUT2D eigenvalue weighted by atomic mass is 32.2. The van der Waals surface area contributed by atoms with Crippen molar-refractivity contribution in [1.82, 2.24) is 9.62 Å². The highest BCUT2D eigenvalue weighted by Crippen LogP contribution is 2.46. The van der Waals surface area contributed by atoms with E-state index in [4.69, 9.17) is 4.74 Å². The van der Waals surface area contributed by atoms with Gasteiger partial charge in [0, 0.05) is 12.6 Å². The minimum absolute atomic E-state index is 0.0537. The molecule has 2 heterocycles. The first-order valence-electron chi connectivity index (χ1n) is 7.54. The normalized spacial score (nSPS) is 33.5. The van der Waals surface area contributed by atoms with Crippen molar-refractivity contribution < 1.29 is 17.9 Å². The van der Waals surface area contributed by atoms with E-state index in [0.717, 1.165) is 19.3 Å². The zero-order chi connectivity index (χ0) is 15.6. The molecule has 4 fully saturated rings. The molecule has 0 spiro atoms. The summed E-state index contributed by atoms with van der Waals surface area (Å²) in [6.07, 6.45) is 1.97. The van der Waals surface area contributed by atoms with Crippen LogP contribution in [0, 0.1) is 5.92 Å². The quantitative estimate of drug-likeness (QED) is 0.855. The van der Waals surface area contributed by atoms with E-state index < -0.39 is 20.4 Å². The summed E-state index contributed by atoms with van der Waals surface area (Å²) in [4.78, 5) is 13.8. The van der Waals surface area contributed by atoms with Crippen molar-refractivity contribution >= 4 is 16.1 Å². The second-order valence-electron chi connectivity index (χ2n) is 7.79. The van der Waals surface area contributed by atoms with Crippen LogP contribution in [0.15, 0.2) is 0 Å². The number of carbonyl (C=O) groups is 1. The maximum absolute atomic E-state index is 12.3. The summed E-state index contributed by atoms with van der Waals surface area (Å²) in [5, 5.41) is 0. The van der Waals surface area contributed by atoms with Crippen LogP contribution in [0.5, 0.6) is 0 Å². The van der Waals surface area contributed by atoms with E-state index in [1.807, 2.05) is 20.8 Å². The first-order valence-corrected chi connectivity index (χ1v) is 9.02. The number of nitrogens with one attached hydrogen (secondary N) is 1. The molecular formula is C14H24N2O4S. The predicted octanol–water partition coefficient (Wildman–Crippen LogP) is 1.47. The van der Waals surface area contributed by atoms with Crippen LogP contribution in [0.3, 0.4) is 0 Å². The van der Waals surface area contributed by atoms with Crippen LogP contribution >= 0.6 is 0 Å². The number of hydrogen-bond donors (Lipinski definition) is 1. The van der Waals surface area contributed by atoms with E-state index >= 15 is 0 Å². The Kier molecular flexibility index (Phi) is 3.12. The molecule has 4 rings (SSSR count). The molecule has 7 heteroatoms. The molecule has 2 bridgehead atoms. The van der Waals surface area contributed by atoms with Crippen molar-refractivity contribution in [3.63, 3.8) is 0 Å². The average molecular weight is 316 g/mol. The molecule has 120 valence electrons. The smallest absolute Gasteiger partial charge is 0.410 e. The van der Waals surface area contributed by atoms with Gasteiger partial charge in [0.25, 0.3) is 0 Å². The van der Waals surface area contributed by atoms with Gasteiger partial charge in [-0.15, -0.1) is 0 Å². The Morgan fingerprint density at radius 1 is 1.33 bits per heavy atom.